The minimum Gasteiger partial charge on any atom is -0.379 e. The molecule has 0 unspecified atom stereocenters. The number of carbonyl (C=O) groups is 1. The number of rotatable bonds is 4. The van der Waals surface area contributed by atoms with Gasteiger partial charge in [-0.25, -0.2) is 0 Å². The molecule has 1 atom stereocenters. The zero-order valence-electron chi connectivity index (χ0n) is 15.7. The van der Waals surface area contributed by atoms with Gasteiger partial charge in [-0.05, 0) is 56.4 Å². The zero-order valence-corrected chi connectivity index (χ0v) is 15.7. The van der Waals surface area contributed by atoms with Gasteiger partial charge in [0.15, 0.2) is 0 Å². The SMILES string of the molecule is O=C(c1ccc(N2CCCC2)cc1)N1CCCC[C@H]1CN1CCOCC1. The van der Waals surface area contributed by atoms with Crippen molar-refractivity contribution in [1.82, 2.24) is 9.80 Å². The maximum atomic E-state index is 13.2. The van der Waals surface area contributed by atoms with Crippen LogP contribution in [0.2, 0.25) is 0 Å². The lowest BCUT2D eigenvalue weighted by molar-refractivity contribution is 0.0166. The Bertz CT molecular complexity index is 592. The molecule has 0 saturated carbocycles. The maximum Gasteiger partial charge on any atom is 0.254 e. The second-order valence-corrected chi connectivity index (χ2v) is 7.80. The molecule has 0 radical (unpaired) electrons. The lowest BCUT2D eigenvalue weighted by Gasteiger charge is -2.39. The van der Waals surface area contributed by atoms with Gasteiger partial charge in [-0.3, -0.25) is 9.69 Å². The molecule has 3 saturated heterocycles. The second-order valence-electron chi connectivity index (χ2n) is 7.80. The van der Waals surface area contributed by atoms with Gasteiger partial charge >= 0.3 is 0 Å². The summed E-state index contributed by atoms with van der Waals surface area (Å²) in [4.78, 5) is 20.1. The van der Waals surface area contributed by atoms with Crippen molar-refractivity contribution in [1.29, 1.82) is 0 Å². The van der Waals surface area contributed by atoms with E-state index >= 15 is 0 Å². The van der Waals surface area contributed by atoms with E-state index in [2.05, 4.69) is 26.8 Å². The summed E-state index contributed by atoms with van der Waals surface area (Å²) in [6.07, 6.45) is 6.02. The predicted octanol–water partition coefficient (Wildman–Crippen LogP) is 2.61. The van der Waals surface area contributed by atoms with Gasteiger partial charge in [0, 0.05) is 56.6 Å². The minimum atomic E-state index is 0.205. The summed E-state index contributed by atoms with van der Waals surface area (Å²) < 4.78 is 5.46. The average Bonchev–Trinajstić information content (AvgIpc) is 3.24. The number of benzene rings is 1. The van der Waals surface area contributed by atoms with Crippen LogP contribution >= 0.6 is 0 Å². The first-order chi connectivity index (χ1) is 12.8. The fourth-order valence-corrected chi connectivity index (χ4v) is 4.50. The highest BCUT2D eigenvalue weighted by Crippen LogP contribution is 2.24. The van der Waals surface area contributed by atoms with E-state index in [9.17, 15) is 4.79 Å². The van der Waals surface area contributed by atoms with Gasteiger partial charge in [0.05, 0.1) is 13.2 Å². The summed E-state index contributed by atoms with van der Waals surface area (Å²) in [6, 6.07) is 8.64. The van der Waals surface area contributed by atoms with Gasteiger partial charge in [0.1, 0.15) is 0 Å². The molecule has 1 aromatic rings. The fraction of sp³-hybridized carbons (Fsp3) is 0.667. The number of piperidine rings is 1. The number of carbonyl (C=O) groups excluding carboxylic acids is 1. The Labute approximate surface area is 156 Å². The van der Waals surface area contributed by atoms with Crippen molar-refractivity contribution in [2.24, 2.45) is 0 Å². The Morgan fingerprint density at radius 1 is 0.923 bits per heavy atom. The second kappa shape index (κ2) is 8.40. The predicted molar refractivity (Wildman–Crippen MR) is 104 cm³/mol. The van der Waals surface area contributed by atoms with E-state index < -0.39 is 0 Å². The van der Waals surface area contributed by atoms with Crippen molar-refractivity contribution in [3.8, 4) is 0 Å². The number of ether oxygens (including phenoxy) is 1. The monoisotopic (exact) mass is 357 g/mol. The molecule has 1 amide bonds. The molecule has 0 bridgehead atoms. The van der Waals surface area contributed by atoms with Gasteiger partial charge in [-0.2, -0.15) is 0 Å². The Morgan fingerprint density at radius 3 is 2.35 bits per heavy atom. The van der Waals surface area contributed by atoms with Crippen LogP contribution in [0.15, 0.2) is 24.3 Å². The lowest BCUT2D eigenvalue weighted by Crippen LogP contribution is -2.51. The van der Waals surface area contributed by atoms with E-state index in [0.29, 0.717) is 6.04 Å². The van der Waals surface area contributed by atoms with Crippen LogP contribution in [0.5, 0.6) is 0 Å². The average molecular weight is 357 g/mol. The molecule has 3 fully saturated rings. The molecular weight excluding hydrogens is 326 g/mol. The smallest absolute Gasteiger partial charge is 0.254 e. The maximum absolute atomic E-state index is 13.2. The third-order valence-corrected chi connectivity index (χ3v) is 6.05. The summed E-state index contributed by atoms with van der Waals surface area (Å²) in [6.45, 7) is 7.77. The van der Waals surface area contributed by atoms with Crippen molar-refractivity contribution in [2.45, 2.75) is 38.1 Å². The highest BCUT2D eigenvalue weighted by molar-refractivity contribution is 5.94. The van der Waals surface area contributed by atoms with Crippen LogP contribution in [0.3, 0.4) is 0 Å². The molecule has 5 heteroatoms. The van der Waals surface area contributed by atoms with Crippen LogP contribution in [0.1, 0.15) is 42.5 Å². The molecule has 0 aromatic heterocycles. The summed E-state index contributed by atoms with van der Waals surface area (Å²) in [7, 11) is 0. The van der Waals surface area contributed by atoms with Gasteiger partial charge < -0.3 is 14.5 Å². The zero-order chi connectivity index (χ0) is 17.8. The van der Waals surface area contributed by atoms with Crippen LogP contribution in [0, 0.1) is 0 Å². The standard InChI is InChI=1S/C21H31N3O2/c25-21(18-6-8-19(9-7-18)23-10-3-4-11-23)24-12-2-1-5-20(24)17-22-13-15-26-16-14-22/h6-9,20H,1-5,10-17H2/t20-/m0/s1. The fourth-order valence-electron chi connectivity index (χ4n) is 4.50. The Balaban J connectivity index is 1.42. The molecular formula is C21H31N3O2. The number of anilines is 1. The molecule has 5 nitrogen and oxygen atoms in total. The van der Waals surface area contributed by atoms with Crippen molar-refractivity contribution in [2.75, 3.05) is 57.4 Å². The van der Waals surface area contributed by atoms with Gasteiger partial charge in [-0.1, -0.05) is 0 Å². The lowest BCUT2D eigenvalue weighted by atomic mass is 10.00. The third kappa shape index (κ3) is 4.04. The largest absolute Gasteiger partial charge is 0.379 e. The van der Waals surface area contributed by atoms with E-state index in [4.69, 9.17) is 4.74 Å². The molecule has 1 aromatic carbocycles. The van der Waals surface area contributed by atoms with Crippen molar-refractivity contribution >= 4 is 11.6 Å². The van der Waals surface area contributed by atoms with Gasteiger partial charge in [0.2, 0.25) is 0 Å². The molecule has 3 aliphatic heterocycles. The molecule has 0 aliphatic carbocycles. The first-order valence-corrected chi connectivity index (χ1v) is 10.3. The van der Waals surface area contributed by atoms with E-state index in [-0.39, 0.29) is 5.91 Å². The number of hydrogen-bond donors (Lipinski definition) is 0. The van der Waals surface area contributed by atoms with Gasteiger partial charge in [0.25, 0.3) is 5.91 Å². The van der Waals surface area contributed by atoms with E-state index in [0.717, 1.165) is 70.9 Å². The number of nitrogens with zero attached hydrogens (tertiary/aromatic N) is 3. The molecule has 0 N–H and O–H groups in total. The molecule has 142 valence electrons. The van der Waals surface area contributed by atoms with Gasteiger partial charge in [-0.15, -0.1) is 0 Å². The minimum absolute atomic E-state index is 0.205. The summed E-state index contributed by atoms with van der Waals surface area (Å²) in [5.41, 5.74) is 2.09. The van der Waals surface area contributed by atoms with E-state index in [1.807, 2.05) is 12.1 Å². The molecule has 4 rings (SSSR count). The van der Waals surface area contributed by atoms with Crippen molar-refractivity contribution < 1.29 is 9.53 Å². The van der Waals surface area contributed by atoms with Crippen LogP contribution in [0.25, 0.3) is 0 Å². The highest BCUT2D eigenvalue weighted by atomic mass is 16.5. The highest BCUT2D eigenvalue weighted by Gasteiger charge is 2.29. The molecule has 3 aliphatic rings. The number of hydrogen-bond acceptors (Lipinski definition) is 4. The number of amides is 1. The van der Waals surface area contributed by atoms with Crippen LogP contribution in [0.4, 0.5) is 5.69 Å². The number of likely N-dealkylation sites (tertiary alicyclic amines) is 1. The van der Waals surface area contributed by atoms with Crippen molar-refractivity contribution in [3.05, 3.63) is 29.8 Å². The summed E-state index contributed by atoms with van der Waals surface area (Å²) in [5.74, 6) is 0.205. The third-order valence-electron chi connectivity index (χ3n) is 6.05. The Morgan fingerprint density at radius 2 is 1.62 bits per heavy atom. The first kappa shape index (κ1) is 17.8. The van der Waals surface area contributed by atoms with Crippen LogP contribution in [-0.2, 0) is 4.74 Å². The number of morpholine rings is 1. The topological polar surface area (TPSA) is 36.0 Å². The van der Waals surface area contributed by atoms with Crippen molar-refractivity contribution in [3.63, 3.8) is 0 Å². The Hall–Kier alpha value is -1.59. The molecule has 0 spiro atoms. The summed E-state index contributed by atoms with van der Waals surface area (Å²) in [5, 5.41) is 0. The Kier molecular flexibility index (Phi) is 5.75. The normalized spacial score (nSPS) is 24.8. The molecule has 26 heavy (non-hydrogen) atoms. The summed E-state index contributed by atoms with van der Waals surface area (Å²) >= 11 is 0. The van der Waals surface area contributed by atoms with E-state index in [1.54, 1.807) is 0 Å². The van der Waals surface area contributed by atoms with Crippen LogP contribution in [-0.4, -0.2) is 74.2 Å². The quantitative estimate of drug-likeness (QED) is 0.830. The van der Waals surface area contributed by atoms with Crippen LogP contribution < -0.4 is 4.90 Å². The molecule has 3 heterocycles. The first-order valence-electron chi connectivity index (χ1n) is 10.3. The van der Waals surface area contributed by atoms with E-state index in [1.165, 1.54) is 24.9 Å².